The van der Waals surface area contributed by atoms with E-state index in [0.717, 1.165) is 19.3 Å². The Kier molecular flexibility index (Phi) is 2.49. The van der Waals surface area contributed by atoms with E-state index in [4.69, 9.17) is 9.84 Å². The second-order valence-electron chi connectivity index (χ2n) is 2.96. The van der Waals surface area contributed by atoms with E-state index in [2.05, 4.69) is 6.92 Å². The fraction of sp³-hybridized carbons (Fsp3) is 0.875. The normalized spacial score (nSPS) is 28.4. The summed E-state index contributed by atoms with van der Waals surface area (Å²) in [7, 11) is 0. The van der Waals surface area contributed by atoms with Crippen molar-refractivity contribution < 1.29 is 14.6 Å². The number of aliphatic hydroxyl groups is 1. The fourth-order valence-corrected chi connectivity index (χ4v) is 1.23. The van der Waals surface area contributed by atoms with E-state index in [1.807, 2.05) is 0 Å². The lowest BCUT2D eigenvalue weighted by Crippen LogP contribution is -2.14. The maximum absolute atomic E-state index is 10.8. The van der Waals surface area contributed by atoms with Crippen molar-refractivity contribution in [1.29, 1.82) is 0 Å². The van der Waals surface area contributed by atoms with Crippen LogP contribution in [0.15, 0.2) is 0 Å². The third-order valence-electron chi connectivity index (χ3n) is 2.07. The standard InChI is InChI=1S/C8H14O3/c1-2-3-4-8(5-6-9)7(10)11-8/h9H,2-6H2,1H3. The molecule has 1 heterocycles. The van der Waals surface area contributed by atoms with Gasteiger partial charge in [-0.25, -0.2) is 4.79 Å². The molecule has 3 nitrogen and oxygen atoms in total. The maximum Gasteiger partial charge on any atom is 0.351 e. The Morgan fingerprint density at radius 2 is 2.18 bits per heavy atom. The molecule has 1 fully saturated rings. The summed E-state index contributed by atoms with van der Waals surface area (Å²) in [5, 5.41) is 8.63. The molecule has 0 aromatic carbocycles. The van der Waals surface area contributed by atoms with Gasteiger partial charge in [-0.15, -0.1) is 0 Å². The van der Waals surface area contributed by atoms with Crippen LogP contribution in [-0.4, -0.2) is 23.3 Å². The number of ether oxygens (including phenoxy) is 1. The predicted molar refractivity (Wildman–Crippen MR) is 40.1 cm³/mol. The molecule has 0 spiro atoms. The smallest absolute Gasteiger partial charge is 0.351 e. The minimum atomic E-state index is -0.579. The second kappa shape index (κ2) is 3.22. The zero-order valence-electron chi connectivity index (χ0n) is 6.80. The van der Waals surface area contributed by atoms with Crippen LogP contribution in [0.25, 0.3) is 0 Å². The summed E-state index contributed by atoms with van der Waals surface area (Å²) in [5.74, 6) is -0.139. The molecule has 0 aromatic heterocycles. The van der Waals surface area contributed by atoms with E-state index in [-0.39, 0.29) is 12.6 Å². The number of epoxide rings is 1. The van der Waals surface area contributed by atoms with Gasteiger partial charge in [0.2, 0.25) is 5.60 Å². The molecule has 11 heavy (non-hydrogen) atoms. The number of cyclic esters (lactones) is 1. The molecular weight excluding hydrogens is 144 g/mol. The molecule has 1 rings (SSSR count). The third-order valence-corrected chi connectivity index (χ3v) is 2.07. The topological polar surface area (TPSA) is 49.8 Å². The lowest BCUT2D eigenvalue weighted by Gasteiger charge is -2.03. The van der Waals surface area contributed by atoms with Gasteiger partial charge in [-0.1, -0.05) is 13.3 Å². The van der Waals surface area contributed by atoms with Crippen molar-refractivity contribution >= 4 is 5.97 Å². The van der Waals surface area contributed by atoms with Gasteiger partial charge in [0.05, 0.1) is 0 Å². The van der Waals surface area contributed by atoms with E-state index in [1.54, 1.807) is 0 Å². The number of unbranched alkanes of at least 4 members (excludes halogenated alkanes) is 1. The number of carbonyl (C=O) groups is 1. The number of hydrogen-bond donors (Lipinski definition) is 1. The Morgan fingerprint density at radius 3 is 2.55 bits per heavy atom. The molecule has 64 valence electrons. The van der Waals surface area contributed by atoms with Crippen LogP contribution in [0.4, 0.5) is 0 Å². The first-order chi connectivity index (χ1) is 5.25. The SMILES string of the molecule is CCCCC1(CCO)OC1=O. The van der Waals surface area contributed by atoms with E-state index in [1.165, 1.54) is 0 Å². The first kappa shape index (κ1) is 8.53. The Hall–Kier alpha value is -0.570. The van der Waals surface area contributed by atoms with Crippen LogP contribution in [0.2, 0.25) is 0 Å². The molecule has 0 radical (unpaired) electrons. The molecule has 1 aliphatic rings. The van der Waals surface area contributed by atoms with Gasteiger partial charge in [0.15, 0.2) is 0 Å². The van der Waals surface area contributed by atoms with E-state index in [9.17, 15) is 4.79 Å². The fourth-order valence-electron chi connectivity index (χ4n) is 1.23. The van der Waals surface area contributed by atoms with Crippen LogP contribution in [0.3, 0.4) is 0 Å². The summed E-state index contributed by atoms with van der Waals surface area (Å²) in [6, 6.07) is 0. The van der Waals surface area contributed by atoms with Crippen LogP contribution in [0.1, 0.15) is 32.6 Å². The first-order valence-corrected chi connectivity index (χ1v) is 4.09. The van der Waals surface area contributed by atoms with Crippen molar-refractivity contribution in [1.82, 2.24) is 0 Å². The van der Waals surface area contributed by atoms with Gasteiger partial charge in [-0.05, 0) is 12.8 Å². The van der Waals surface area contributed by atoms with Gasteiger partial charge in [0.1, 0.15) is 0 Å². The summed E-state index contributed by atoms with van der Waals surface area (Å²) < 4.78 is 4.85. The van der Waals surface area contributed by atoms with E-state index >= 15 is 0 Å². The van der Waals surface area contributed by atoms with E-state index < -0.39 is 5.60 Å². The zero-order chi connectivity index (χ0) is 8.32. The van der Waals surface area contributed by atoms with Crippen molar-refractivity contribution in [2.24, 2.45) is 0 Å². The molecule has 1 aliphatic heterocycles. The molecule has 1 saturated heterocycles. The van der Waals surface area contributed by atoms with E-state index in [0.29, 0.717) is 6.42 Å². The molecule has 0 aromatic rings. The molecule has 0 saturated carbocycles. The lowest BCUT2D eigenvalue weighted by molar-refractivity contribution is -0.117. The zero-order valence-corrected chi connectivity index (χ0v) is 6.80. The summed E-state index contributed by atoms with van der Waals surface area (Å²) in [6.07, 6.45) is 3.28. The van der Waals surface area contributed by atoms with Crippen molar-refractivity contribution in [3.63, 3.8) is 0 Å². The molecule has 1 N–H and O–H groups in total. The lowest BCUT2D eigenvalue weighted by atomic mass is 10.00. The highest BCUT2D eigenvalue weighted by Crippen LogP contribution is 2.37. The van der Waals surface area contributed by atoms with Crippen LogP contribution in [-0.2, 0) is 9.53 Å². The second-order valence-corrected chi connectivity index (χ2v) is 2.96. The Labute approximate surface area is 66.4 Å². The monoisotopic (exact) mass is 158 g/mol. The first-order valence-electron chi connectivity index (χ1n) is 4.09. The highest BCUT2D eigenvalue weighted by Gasteiger charge is 2.56. The van der Waals surface area contributed by atoms with Crippen LogP contribution in [0.5, 0.6) is 0 Å². The number of hydrogen-bond acceptors (Lipinski definition) is 3. The van der Waals surface area contributed by atoms with Gasteiger partial charge >= 0.3 is 5.97 Å². The molecule has 3 heteroatoms. The quantitative estimate of drug-likeness (QED) is 0.603. The minimum Gasteiger partial charge on any atom is -0.444 e. The summed E-state index contributed by atoms with van der Waals surface area (Å²) in [5.41, 5.74) is -0.579. The Morgan fingerprint density at radius 1 is 1.55 bits per heavy atom. The largest absolute Gasteiger partial charge is 0.444 e. The van der Waals surface area contributed by atoms with Crippen molar-refractivity contribution in [2.75, 3.05) is 6.61 Å². The van der Waals surface area contributed by atoms with Gasteiger partial charge < -0.3 is 9.84 Å². The Balaban J connectivity index is 2.31. The molecule has 1 unspecified atom stereocenters. The highest BCUT2D eigenvalue weighted by atomic mass is 16.7. The predicted octanol–water partition coefficient (Wildman–Crippen LogP) is 0.855. The van der Waals surface area contributed by atoms with Crippen LogP contribution >= 0.6 is 0 Å². The van der Waals surface area contributed by atoms with Crippen LogP contribution in [0, 0.1) is 0 Å². The summed E-state index contributed by atoms with van der Waals surface area (Å²) >= 11 is 0. The third kappa shape index (κ3) is 1.71. The van der Waals surface area contributed by atoms with Gasteiger partial charge in [-0.2, -0.15) is 0 Å². The highest BCUT2D eigenvalue weighted by molar-refractivity contribution is 5.92. The van der Waals surface area contributed by atoms with Gasteiger partial charge in [-0.3, -0.25) is 0 Å². The van der Waals surface area contributed by atoms with Crippen molar-refractivity contribution in [3.05, 3.63) is 0 Å². The number of rotatable bonds is 5. The molecule has 0 aliphatic carbocycles. The van der Waals surface area contributed by atoms with Crippen LogP contribution < -0.4 is 0 Å². The van der Waals surface area contributed by atoms with Crippen molar-refractivity contribution in [3.8, 4) is 0 Å². The molecular formula is C8H14O3. The average Bonchev–Trinajstić information content (AvgIpc) is 2.59. The average molecular weight is 158 g/mol. The summed E-state index contributed by atoms with van der Waals surface area (Å²) in [4.78, 5) is 10.8. The van der Waals surface area contributed by atoms with Crippen molar-refractivity contribution in [2.45, 2.75) is 38.2 Å². The molecule has 1 atom stereocenters. The number of carbonyl (C=O) groups excluding carboxylic acids is 1. The van der Waals surface area contributed by atoms with Gasteiger partial charge in [0, 0.05) is 13.0 Å². The number of aliphatic hydroxyl groups excluding tert-OH is 1. The molecule has 0 bridgehead atoms. The summed E-state index contributed by atoms with van der Waals surface area (Å²) in [6.45, 7) is 2.11. The molecule has 0 amide bonds. The maximum atomic E-state index is 10.8. The minimum absolute atomic E-state index is 0.0372. The van der Waals surface area contributed by atoms with Gasteiger partial charge in [0.25, 0.3) is 0 Å². The Bertz CT molecular complexity index is 155.